The zero-order chi connectivity index (χ0) is 22.4. The molecule has 0 amide bonds. The number of benzene rings is 2. The maximum absolute atomic E-state index is 13.6. The van der Waals surface area contributed by atoms with E-state index in [1.54, 1.807) is 0 Å². The van der Waals surface area contributed by atoms with Crippen molar-refractivity contribution >= 4 is 17.4 Å². The van der Waals surface area contributed by atoms with Crippen LogP contribution in [0.25, 0.3) is 11.4 Å². The molecule has 1 heterocycles. The van der Waals surface area contributed by atoms with Crippen LogP contribution < -0.4 is 5.32 Å². The van der Waals surface area contributed by atoms with Gasteiger partial charge in [-0.15, -0.1) is 0 Å². The number of ether oxygens (including phenoxy) is 1. The predicted molar refractivity (Wildman–Crippen MR) is 108 cm³/mol. The minimum absolute atomic E-state index is 0.0568. The normalized spacial score (nSPS) is 11.8. The van der Waals surface area contributed by atoms with E-state index in [0.29, 0.717) is 10.2 Å². The molecule has 3 aromatic rings. The molecule has 0 saturated carbocycles. The van der Waals surface area contributed by atoms with Crippen molar-refractivity contribution in [1.82, 2.24) is 9.78 Å². The Labute approximate surface area is 175 Å². The summed E-state index contributed by atoms with van der Waals surface area (Å²) in [6, 6.07) is 15.0. The first-order valence-electron chi connectivity index (χ1n) is 9.17. The molecule has 2 aromatic carbocycles. The molecule has 0 aliphatic rings. The molecular formula is C21H18F3N5O2. The standard InChI is InChI=1S/C21H18F3N5O2/c1-2-31-20(30)17-12-27-29(19(17)21(22,23)24)16-10-8-14(9-11-16)18(28-25)13-26-15-6-4-3-5-7-15/h3-13,25-26H,2H2,1H3/b18-13-,28-25?. The van der Waals surface area contributed by atoms with E-state index in [-0.39, 0.29) is 18.0 Å². The van der Waals surface area contributed by atoms with Gasteiger partial charge in [0, 0.05) is 17.5 Å². The summed E-state index contributed by atoms with van der Waals surface area (Å²) in [6.45, 7) is 1.45. The van der Waals surface area contributed by atoms with Gasteiger partial charge in [0.2, 0.25) is 0 Å². The lowest BCUT2D eigenvalue weighted by Gasteiger charge is -2.13. The second-order valence-electron chi connectivity index (χ2n) is 6.24. The molecule has 10 heteroatoms. The molecule has 1 aromatic heterocycles. The third kappa shape index (κ3) is 4.97. The van der Waals surface area contributed by atoms with E-state index >= 15 is 0 Å². The monoisotopic (exact) mass is 429 g/mol. The molecular weight excluding hydrogens is 411 g/mol. The lowest BCUT2D eigenvalue weighted by molar-refractivity contribution is -0.143. The highest BCUT2D eigenvalue weighted by Crippen LogP contribution is 2.34. The molecule has 0 spiro atoms. The summed E-state index contributed by atoms with van der Waals surface area (Å²) in [7, 11) is 0. The molecule has 2 N–H and O–H groups in total. The maximum atomic E-state index is 13.6. The van der Waals surface area contributed by atoms with Crippen molar-refractivity contribution < 1.29 is 22.7 Å². The molecule has 160 valence electrons. The summed E-state index contributed by atoms with van der Waals surface area (Å²) in [5, 5.41) is 10.2. The summed E-state index contributed by atoms with van der Waals surface area (Å²) in [5.41, 5.74) is 7.17. The van der Waals surface area contributed by atoms with Gasteiger partial charge in [-0.3, -0.25) is 0 Å². The maximum Gasteiger partial charge on any atom is 0.434 e. The minimum atomic E-state index is -4.82. The van der Waals surface area contributed by atoms with Crippen LogP contribution in [0.2, 0.25) is 0 Å². The number of anilines is 1. The zero-order valence-corrected chi connectivity index (χ0v) is 16.3. The summed E-state index contributed by atoms with van der Waals surface area (Å²) in [4.78, 5) is 11.9. The molecule has 0 aliphatic carbocycles. The first-order valence-corrected chi connectivity index (χ1v) is 9.17. The van der Waals surface area contributed by atoms with Crippen LogP contribution in [0.3, 0.4) is 0 Å². The van der Waals surface area contributed by atoms with Gasteiger partial charge in [0.25, 0.3) is 0 Å². The SMILES string of the molecule is CCOC(=O)c1cnn(-c2ccc(/C(=C/Nc3ccccc3)N=N)cc2)c1C(F)(F)F. The van der Waals surface area contributed by atoms with E-state index in [2.05, 4.69) is 15.5 Å². The molecule has 0 saturated heterocycles. The van der Waals surface area contributed by atoms with Gasteiger partial charge >= 0.3 is 12.1 Å². The summed E-state index contributed by atoms with van der Waals surface area (Å²) in [5.74, 6) is -1.09. The largest absolute Gasteiger partial charge is 0.462 e. The first kappa shape index (κ1) is 21.8. The molecule has 0 unspecified atom stereocenters. The predicted octanol–water partition coefficient (Wildman–Crippen LogP) is 5.51. The van der Waals surface area contributed by atoms with Crippen molar-refractivity contribution in [3.63, 3.8) is 0 Å². The van der Waals surface area contributed by atoms with E-state index < -0.39 is 23.4 Å². The van der Waals surface area contributed by atoms with Crippen LogP contribution in [-0.4, -0.2) is 22.4 Å². The Bertz CT molecular complexity index is 1090. The fourth-order valence-electron chi connectivity index (χ4n) is 2.81. The van der Waals surface area contributed by atoms with Crippen LogP contribution in [0.5, 0.6) is 0 Å². The van der Waals surface area contributed by atoms with Gasteiger partial charge in [-0.2, -0.15) is 23.4 Å². The third-order valence-electron chi connectivity index (χ3n) is 4.21. The van der Waals surface area contributed by atoms with Crippen molar-refractivity contribution in [2.45, 2.75) is 13.1 Å². The lowest BCUT2D eigenvalue weighted by atomic mass is 10.1. The Morgan fingerprint density at radius 1 is 1.19 bits per heavy atom. The van der Waals surface area contributed by atoms with Crippen LogP contribution in [-0.2, 0) is 10.9 Å². The van der Waals surface area contributed by atoms with E-state index in [9.17, 15) is 18.0 Å². The average molecular weight is 429 g/mol. The Balaban J connectivity index is 1.92. The number of alkyl halides is 3. The zero-order valence-electron chi connectivity index (χ0n) is 16.3. The Kier molecular flexibility index (Phi) is 6.49. The summed E-state index contributed by atoms with van der Waals surface area (Å²) in [6.07, 6.45) is -2.47. The van der Waals surface area contributed by atoms with E-state index in [0.717, 1.165) is 11.9 Å². The number of carbonyl (C=O) groups excluding carboxylic acids is 1. The number of hydrogen-bond donors (Lipinski definition) is 2. The fourth-order valence-corrected chi connectivity index (χ4v) is 2.81. The highest BCUT2D eigenvalue weighted by molar-refractivity contribution is 5.90. The topological polar surface area (TPSA) is 92.4 Å². The van der Waals surface area contributed by atoms with E-state index in [1.807, 2.05) is 30.3 Å². The van der Waals surface area contributed by atoms with Crippen molar-refractivity contribution in [3.05, 3.63) is 83.8 Å². The summed E-state index contributed by atoms with van der Waals surface area (Å²) < 4.78 is 46.2. The number of esters is 1. The smallest absolute Gasteiger partial charge is 0.434 e. The van der Waals surface area contributed by atoms with Gasteiger partial charge in [0.05, 0.1) is 18.5 Å². The number of halogens is 3. The average Bonchev–Trinajstić information content (AvgIpc) is 3.22. The van der Waals surface area contributed by atoms with Gasteiger partial charge in [-0.05, 0) is 31.2 Å². The van der Waals surface area contributed by atoms with Crippen LogP contribution in [0, 0.1) is 5.53 Å². The lowest BCUT2D eigenvalue weighted by Crippen LogP contribution is -2.18. The third-order valence-corrected chi connectivity index (χ3v) is 4.21. The molecule has 0 aliphatic heterocycles. The summed E-state index contributed by atoms with van der Waals surface area (Å²) >= 11 is 0. The number of rotatable bonds is 7. The fraction of sp³-hybridized carbons (Fsp3) is 0.143. The number of aromatic nitrogens is 2. The Hall–Kier alpha value is -3.95. The van der Waals surface area contributed by atoms with Crippen molar-refractivity contribution in [1.29, 1.82) is 5.53 Å². The van der Waals surface area contributed by atoms with Crippen LogP contribution in [0.4, 0.5) is 18.9 Å². The second kappa shape index (κ2) is 9.24. The Morgan fingerprint density at radius 2 is 1.87 bits per heavy atom. The van der Waals surface area contributed by atoms with Gasteiger partial charge in [0.15, 0.2) is 5.69 Å². The number of nitrogens with zero attached hydrogens (tertiary/aromatic N) is 3. The molecule has 3 rings (SSSR count). The minimum Gasteiger partial charge on any atom is -0.462 e. The van der Waals surface area contributed by atoms with E-state index in [4.69, 9.17) is 10.3 Å². The highest BCUT2D eigenvalue weighted by atomic mass is 19.4. The van der Waals surface area contributed by atoms with Crippen LogP contribution >= 0.6 is 0 Å². The van der Waals surface area contributed by atoms with Gasteiger partial charge in [-0.1, -0.05) is 30.3 Å². The molecule has 0 atom stereocenters. The Morgan fingerprint density at radius 3 is 2.45 bits per heavy atom. The second-order valence-corrected chi connectivity index (χ2v) is 6.24. The van der Waals surface area contributed by atoms with Crippen LogP contribution in [0.15, 0.2) is 72.1 Å². The van der Waals surface area contributed by atoms with Gasteiger partial charge in [-0.25, -0.2) is 15.0 Å². The highest BCUT2D eigenvalue weighted by Gasteiger charge is 2.41. The van der Waals surface area contributed by atoms with Crippen molar-refractivity contribution in [2.24, 2.45) is 5.11 Å². The first-order chi connectivity index (χ1) is 14.8. The number of carbonyl (C=O) groups is 1. The van der Waals surface area contributed by atoms with Gasteiger partial charge < -0.3 is 10.1 Å². The van der Waals surface area contributed by atoms with Gasteiger partial charge in [0.1, 0.15) is 11.3 Å². The molecule has 0 fully saturated rings. The molecule has 0 bridgehead atoms. The molecule has 7 nitrogen and oxygen atoms in total. The number of nitrogens with one attached hydrogen (secondary N) is 2. The number of para-hydroxylation sites is 1. The van der Waals surface area contributed by atoms with Crippen LogP contribution in [0.1, 0.15) is 28.5 Å². The van der Waals surface area contributed by atoms with Crippen molar-refractivity contribution in [3.8, 4) is 5.69 Å². The number of hydrogen-bond acceptors (Lipinski definition) is 6. The molecule has 31 heavy (non-hydrogen) atoms. The quantitative estimate of drug-likeness (QED) is 0.383. The molecule has 0 radical (unpaired) electrons. The van der Waals surface area contributed by atoms with E-state index in [1.165, 1.54) is 37.4 Å². The van der Waals surface area contributed by atoms with Crippen molar-refractivity contribution in [2.75, 3.05) is 11.9 Å².